The highest BCUT2D eigenvalue weighted by Crippen LogP contribution is 2.24. The van der Waals surface area contributed by atoms with Gasteiger partial charge in [-0.2, -0.15) is 4.98 Å². The average molecular weight is 463 g/mol. The normalized spacial score (nSPS) is 17.8. The zero-order valence-corrected chi connectivity index (χ0v) is 19.7. The summed E-state index contributed by atoms with van der Waals surface area (Å²) >= 11 is 0. The summed E-state index contributed by atoms with van der Waals surface area (Å²) in [6.07, 6.45) is 10.7. The number of nitrogens with one attached hydrogen (secondary N) is 3. The fraction of sp³-hybridized carbons (Fsp3) is 0.423. The number of hydrogen-bond acceptors (Lipinski definition) is 6. The van der Waals surface area contributed by atoms with E-state index in [0.29, 0.717) is 23.9 Å². The Labute approximate surface area is 200 Å². The zero-order valence-electron chi connectivity index (χ0n) is 19.7. The van der Waals surface area contributed by atoms with E-state index in [1.54, 1.807) is 6.20 Å². The third kappa shape index (κ3) is 6.35. The van der Waals surface area contributed by atoms with E-state index in [2.05, 4.69) is 32.8 Å². The van der Waals surface area contributed by atoms with Crippen LogP contribution in [0.5, 0.6) is 0 Å². The number of unbranched alkanes of at least 4 members (excludes halogenated alkanes) is 1. The molecule has 1 amide bonds. The van der Waals surface area contributed by atoms with Gasteiger partial charge in [0.15, 0.2) is 0 Å². The predicted molar refractivity (Wildman–Crippen MR) is 134 cm³/mol. The summed E-state index contributed by atoms with van der Waals surface area (Å²) in [6.45, 7) is 3.33. The summed E-state index contributed by atoms with van der Waals surface area (Å²) in [5.41, 5.74) is 2.51. The summed E-state index contributed by atoms with van der Waals surface area (Å²) in [6, 6.07) is 12.2. The number of carbonyl (C=O) groups is 1. The molecule has 8 nitrogen and oxygen atoms in total. The number of amides is 1. The molecule has 8 heteroatoms. The smallest absolute Gasteiger partial charge is 0.256 e. The molecule has 1 aliphatic carbocycles. The van der Waals surface area contributed by atoms with E-state index in [1.165, 1.54) is 0 Å². The van der Waals surface area contributed by atoms with Crippen LogP contribution in [0.25, 0.3) is 5.69 Å². The molecule has 1 saturated carbocycles. The van der Waals surface area contributed by atoms with Gasteiger partial charge in [0.05, 0.1) is 6.10 Å². The van der Waals surface area contributed by atoms with Crippen LogP contribution >= 0.6 is 0 Å². The molecule has 0 saturated heterocycles. The second-order valence-corrected chi connectivity index (χ2v) is 8.83. The Morgan fingerprint density at radius 3 is 2.56 bits per heavy atom. The molecule has 0 spiro atoms. The van der Waals surface area contributed by atoms with Gasteiger partial charge < -0.3 is 25.6 Å². The highest BCUT2D eigenvalue weighted by atomic mass is 16.3. The van der Waals surface area contributed by atoms with Crippen molar-refractivity contribution >= 4 is 17.7 Å². The lowest BCUT2D eigenvalue weighted by Crippen LogP contribution is -2.31. The number of aliphatic hydroxyl groups excluding tert-OH is 1. The maximum atomic E-state index is 13.1. The molecule has 0 unspecified atom stereocenters. The van der Waals surface area contributed by atoms with Crippen LogP contribution < -0.4 is 16.0 Å². The van der Waals surface area contributed by atoms with Gasteiger partial charge in [-0.3, -0.25) is 4.79 Å². The Morgan fingerprint density at radius 1 is 1.12 bits per heavy atom. The Kier molecular flexibility index (Phi) is 8.14. The first kappa shape index (κ1) is 23.8. The molecule has 0 atom stereocenters. The first-order valence-corrected chi connectivity index (χ1v) is 12.2. The number of carbonyl (C=O) groups excluding carboxylic acids is 1. The van der Waals surface area contributed by atoms with Gasteiger partial charge in [-0.15, -0.1) is 0 Å². The summed E-state index contributed by atoms with van der Waals surface area (Å²) in [5, 5.41) is 19.5. The summed E-state index contributed by atoms with van der Waals surface area (Å²) in [5.74, 6) is 0.840. The second-order valence-electron chi connectivity index (χ2n) is 8.83. The lowest BCUT2D eigenvalue weighted by molar-refractivity contribution is 0.0950. The Hall–Kier alpha value is -3.39. The summed E-state index contributed by atoms with van der Waals surface area (Å²) in [7, 11) is 0. The van der Waals surface area contributed by atoms with E-state index in [1.807, 2.05) is 53.4 Å². The van der Waals surface area contributed by atoms with Gasteiger partial charge in [-0.1, -0.05) is 25.5 Å². The summed E-state index contributed by atoms with van der Waals surface area (Å²) in [4.78, 5) is 22.0. The molecule has 180 valence electrons. The highest BCUT2D eigenvalue weighted by Gasteiger charge is 2.22. The maximum absolute atomic E-state index is 13.1. The zero-order chi connectivity index (χ0) is 23.8. The minimum absolute atomic E-state index is 0.176. The van der Waals surface area contributed by atoms with Crippen LogP contribution in [0.3, 0.4) is 0 Å². The number of aliphatic hydroxyl groups is 1. The Bertz CT molecular complexity index is 1040. The van der Waals surface area contributed by atoms with Crippen molar-refractivity contribution < 1.29 is 9.90 Å². The molecular weight excluding hydrogens is 428 g/mol. The first-order valence-electron chi connectivity index (χ1n) is 12.2. The third-order valence-electron chi connectivity index (χ3n) is 6.18. The van der Waals surface area contributed by atoms with E-state index in [0.717, 1.165) is 56.3 Å². The van der Waals surface area contributed by atoms with Crippen LogP contribution in [0.4, 0.5) is 11.8 Å². The van der Waals surface area contributed by atoms with Crippen LogP contribution in [0.2, 0.25) is 0 Å². The van der Waals surface area contributed by atoms with Crippen LogP contribution in [-0.2, 0) is 6.54 Å². The van der Waals surface area contributed by atoms with Gasteiger partial charge in [0, 0.05) is 43.4 Å². The van der Waals surface area contributed by atoms with Crippen molar-refractivity contribution in [2.75, 3.05) is 17.2 Å². The van der Waals surface area contributed by atoms with Gasteiger partial charge >= 0.3 is 0 Å². The molecule has 0 bridgehead atoms. The van der Waals surface area contributed by atoms with Crippen molar-refractivity contribution in [3.8, 4) is 5.69 Å². The van der Waals surface area contributed by atoms with Gasteiger partial charge in [-0.25, -0.2) is 4.98 Å². The third-order valence-corrected chi connectivity index (χ3v) is 6.18. The molecule has 1 aliphatic rings. The highest BCUT2D eigenvalue weighted by molar-refractivity contribution is 5.98. The number of anilines is 2. The largest absolute Gasteiger partial charge is 0.393 e. The molecule has 4 rings (SSSR count). The molecule has 0 radical (unpaired) electrons. The van der Waals surface area contributed by atoms with E-state index in [9.17, 15) is 9.90 Å². The van der Waals surface area contributed by atoms with Crippen molar-refractivity contribution in [1.29, 1.82) is 0 Å². The monoisotopic (exact) mass is 462 g/mol. The Balaban J connectivity index is 1.43. The lowest BCUT2D eigenvalue weighted by atomic mass is 9.93. The van der Waals surface area contributed by atoms with E-state index >= 15 is 0 Å². The van der Waals surface area contributed by atoms with E-state index < -0.39 is 0 Å². The molecule has 1 aromatic carbocycles. The predicted octanol–water partition coefficient (Wildman–Crippen LogP) is 4.12. The summed E-state index contributed by atoms with van der Waals surface area (Å²) < 4.78 is 2.04. The molecular formula is C26H34N6O2. The molecule has 2 heterocycles. The van der Waals surface area contributed by atoms with Crippen LogP contribution in [0.15, 0.2) is 55.0 Å². The topological polar surface area (TPSA) is 104 Å². The van der Waals surface area contributed by atoms with Gasteiger partial charge in [0.2, 0.25) is 5.95 Å². The molecule has 2 aromatic heterocycles. The van der Waals surface area contributed by atoms with Crippen molar-refractivity contribution in [3.05, 3.63) is 66.1 Å². The number of rotatable bonds is 10. The quantitative estimate of drug-likeness (QED) is 0.338. The van der Waals surface area contributed by atoms with Gasteiger partial charge in [0.25, 0.3) is 5.91 Å². The molecule has 34 heavy (non-hydrogen) atoms. The van der Waals surface area contributed by atoms with Gasteiger partial charge in [-0.05, 0) is 61.9 Å². The van der Waals surface area contributed by atoms with E-state index in [-0.39, 0.29) is 18.1 Å². The van der Waals surface area contributed by atoms with Crippen molar-refractivity contribution in [3.63, 3.8) is 0 Å². The minimum atomic E-state index is -0.235. The standard InChI is InChI=1S/C26H34N6O2/c1-2-3-14-27-26-29-18-23(24(31-26)30-20-8-12-22(33)13-9-20)25(34)28-17-19-6-10-21(11-7-19)32-15-4-5-16-32/h4-7,10-11,15-16,18,20,22,33H,2-3,8-9,12-14,17H2,1H3,(H,28,34)(H2,27,29,30,31)/t20-,22-. The van der Waals surface area contributed by atoms with E-state index in [4.69, 9.17) is 0 Å². The minimum Gasteiger partial charge on any atom is -0.393 e. The maximum Gasteiger partial charge on any atom is 0.256 e. The second kappa shape index (κ2) is 11.7. The Morgan fingerprint density at radius 2 is 1.85 bits per heavy atom. The fourth-order valence-corrected chi connectivity index (χ4v) is 4.10. The van der Waals surface area contributed by atoms with Crippen molar-refractivity contribution in [1.82, 2.24) is 19.9 Å². The molecule has 4 N–H and O–H groups in total. The number of hydrogen-bond donors (Lipinski definition) is 4. The van der Waals surface area contributed by atoms with Gasteiger partial charge in [0.1, 0.15) is 11.4 Å². The molecule has 1 fully saturated rings. The van der Waals surface area contributed by atoms with Crippen LogP contribution in [-0.4, -0.2) is 44.2 Å². The van der Waals surface area contributed by atoms with Crippen molar-refractivity contribution in [2.45, 2.75) is 64.1 Å². The fourth-order valence-electron chi connectivity index (χ4n) is 4.10. The number of nitrogens with zero attached hydrogens (tertiary/aromatic N) is 3. The lowest BCUT2D eigenvalue weighted by Gasteiger charge is -2.27. The number of aromatic nitrogens is 3. The first-order chi connectivity index (χ1) is 16.6. The van der Waals surface area contributed by atoms with Crippen LogP contribution in [0, 0.1) is 0 Å². The van der Waals surface area contributed by atoms with Crippen LogP contribution in [0.1, 0.15) is 61.4 Å². The molecule has 3 aromatic rings. The number of benzene rings is 1. The average Bonchev–Trinajstić information content (AvgIpc) is 3.40. The molecule has 0 aliphatic heterocycles. The SMILES string of the molecule is CCCCNc1ncc(C(=O)NCc2ccc(-n3cccc3)cc2)c(N[C@H]2CC[C@H](O)CC2)n1. The van der Waals surface area contributed by atoms with Crippen molar-refractivity contribution in [2.24, 2.45) is 0 Å².